The highest BCUT2D eigenvalue weighted by Gasteiger charge is 2.32. The first-order valence-electron chi connectivity index (χ1n) is 8.57. The Morgan fingerprint density at radius 1 is 1.27 bits per heavy atom. The molecule has 0 aromatic carbocycles. The highest BCUT2D eigenvalue weighted by Crippen LogP contribution is 2.35. The van der Waals surface area contributed by atoms with E-state index in [0.717, 1.165) is 56.7 Å². The van der Waals surface area contributed by atoms with Crippen LogP contribution in [0.15, 0.2) is 0 Å². The summed E-state index contributed by atoms with van der Waals surface area (Å²) < 4.78 is 2.25. The monoisotopic (exact) mass is 305 g/mol. The van der Waals surface area contributed by atoms with Gasteiger partial charge in [-0.3, -0.25) is 0 Å². The van der Waals surface area contributed by atoms with Crippen molar-refractivity contribution in [2.45, 2.75) is 70.9 Å². The summed E-state index contributed by atoms with van der Waals surface area (Å²) in [7, 11) is 0. The molecule has 0 bridgehead atoms. The highest BCUT2D eigenvalue weighted by molar-refractivity contribution is 5.87. The predicted octanol–water partition coefficient (Wildman–Crippen LogP) is 3.07. The fraction of sp³-hybridized carbons (Fsp3) is 0.765. The first-order chi connectivity index (χ1) is 10.5. The van der Waals surface area contributed by atoms with Gasteiger partial charge in [-0.15, -0.1) is 0 Å². The van der Waals surface area contributed by atoms with Crippen molar-refractivity contribution in [3.05, 3.63) is 17.2 Å². The number of carboxylic acids is 1. The molecule has 1 aromatic heterocycles. The van der Waals surface area contributed by atoms with E-state index in [9.17, 15) is 9.90 Å². The number of aromatic nitrogens is 2. The van der Waals surface area contributed by atoms with Crippen LogP contribution in [0, 0.1) is 0 Å². The van der Waals surface area contributed by atoms with Gasteiger partial charge in [0, 0.05) is 18.0 Å². The van der Waals surface area contributed by atoms with E-state index in [4.69, 9.17) is 0 Å². The standard InChI is InChI=1S/C17H27N3O2/c1-11(2)19-9-7-13(8-10-19)16-18-15(17(21)22)14-6-4-5-12(3)20(14)16/h11-13H,4-10H2,1-3H3,(H,21,22). The minimum Gasteiger partial charge on any atom is -0.476 e. The number of aromatic carboxylic acids is 1. The summed E-state index contributed by atoms with van der Waals surface area (Å²) in [5.74, 6) is 0.564. The Kier molecular flexibility index (Phi) is 4.26. The summed E-state index contributed by atoms with van der Waals surface area (Å²) in [6, 6.07) is 0.964. The van der Waals surface area contributed by atoms with E-state index < -0.39 is 5.97 Å². The molecular weight excluding hydrogens is 278 g/mol. The van der Waals surface area contributed by atoms with E-state index >= 15 is 0 Å². The van der Waals surface area contributed by atoms with Crippen LogP contribution in [0.5, 0.6) is 0 Å². The molecule has 22 heavy (non-hydrogen) atoms. The van der Waals surface area contributed by atoms with E-state index in [1.165, 1.54) is 0 Å². The maximum absolute atomic E-state index is 11.5. The van der Waals surface area contributed by atoms with Crippen LogP contribution in [0.2, 0.25) is 0 Å². The Balaban J connectivity index is 1.90. The smallest absolute Gasteiger partial charge is 0.356 e. The lowest BCUT2D eigenvalue weighted by molar-refractivity contribution is 0.0689. The van der Waals surface area contributed by atoms with Crippen molar-refractivity contribution in [3.63, 3.8) is 0 Å². The summed E-state index contributed by atoms with van der Waals surface area (Å²) in [6.45, 7) is 8.84. The first-order valence-corrected chi connectivity index (χ1v) is 8.57. The summed E-state index contributed by atoms with van der Waals surface area (Å²) in [5.41, 5.74) is 1.25. The number of nitrogens with zero attached hydrogens (tertiary/aromatic N) is 3. The average Bonchev–Trinajstić information content (AvgIpc) is 2.88. The van der Waals surface area contributed by atoms with Crippen LogP contribution >= 0.6 is 0 Å². The van der Waals surface area contributed by atoms with Crippen molar-refractivity contribution in [2.75, 3.05) is 13.1 Å². The number of hydrogen-bond acceptors (Lipinski definition) is 3. The summed E-state index contributed by atoms with van der Waals surface area (Å²) in [5, 5.41) is 9.47. The van der Waals surface area contributed by atoms with Crippen LogP contribution in [0.25, 0.3) is 0 Å². The molecule has 1 aromatic rings. The summed E-state index contributed by atoms with van der Waals surface area (Å²) >= 11 is 0. The molecule has 5 nitrogen and oxygen atoms in total. The molecule has 2 aliphatic rings. The lowest BCUT2D eigenvalue weighted by atomic mass is 9.94. The van der Waals surface area contributed by atoms with Crippen LogP contribution < -0.4 is 0 Å². The number of hydrogen-bond donors (Lipinski definition) is 1. The van der Waals surface area contributed by atoms with Gasteiger partial charge in [-0.05, 0) is 66.0 Å². The van der Waals surface area contributed by atoms with Crippen molar-refractivity contribution in [3.8, 4) is 0 Å². The molecule has 1 atom stereocenters. The van der Waals surface area contributed by atoms with Crippen molar-refractivity contribution in [1.29, 1.82) is 0 Å². The molecule has 0 saturated carbocycles. The first kappa shape index (κ1) is 15.5. The van der Waals surface area contributed by atoms with E-state index in [-0.39, 0.29) is 0 Å². The molecule has 0 amide bonds. The Morgan fingerprint density at radius 2 is 1.95 bits per heavy atom. The number of carboxylic acid groups (broad SMARTS) is 1. The molecule has 0 spiro atoms. The normalized spacial score (nSPS) is 23.7. The second-order valence-corrected chi connectivity index (χ2v) is 7.09. The topological polar surface area (TPSA) is 58.4 Å². The zero-order valence-electron chi connectivity index (χ0n) is 13.9. The molecule has 1 N–H and O–H groups in total. The molecule has 122 valence electrons. The number of rotatable bonds is 3. The van der Waals surface area contributed by atoms with Crippen molar-refractivity contribution in [1.82, 2.24) is 14.5 Å². The average molecular weight is 305 g/mol. The second-order valence-electron chi connectivity index (χ2n) is 7.09. The molecule has 3 heterocycles. The van der Waals surface area contributed by atoms with Gasteiger partial charge < -0.3 is 14.6 Å². The van der Waals surface area contributed by atoms with Crippen molar-refractivity contribution >= 4 is 5.97 Å². The molecular formula is C17H27N3O2. The van der Waals surface area contributed by atoms with Gasteiger partial charge in [-0.2, -0.15) is 0 Å². The van der Waals surface area contributed by atoms with Gasteiger partial charge in [0.05, 0.1) is 5.69 Å². The second kappa shape index (κ2) is 6.03. The molecule has 1 fully saturated rings. The van der Waals surface area contributed by atoms with Gasteiger partial charge in [-0.25, -0.2) is 9.78 Å². The third-order valence-corrected chi connectivity index (χ3v) is 5.34. The van der Waals surface area contributed by atoms with Gasteiger partial charge in [0.25, 0.3) is 0 Å². The molecule has 5 heteroatoms. The van der Waals surface area contributed by atoms with Crippen LogP contribution in [0.4, 0.5) is 0 Å². The fourth-order valence-corrected chi connectivity index (χ4v) is 4.04. The van der Waals surface area contributed by atoms with Crippen LogP contribution in [-0.2, 0) is 6.42 Å². The number of fused-ring (bicyclic) bond motifs is 1. The summed E-state index contributed by atoms with van der Waals surface area (Å²) in [4.78, 5) is 18.6. The van der Waals surface area contributed by atoms with Crippen LogP contribution in [0.1, 0.15) is 80.4 Å². The maximum Gasteiger partial charge on any atom is 0.356 e. The Bertz CT molecular complexity index is 556. The molecule has 0 aliphatic carbocycles. The Hall–Kier alpha value is -1.36. The molecule has 1 saturated heterocycles. The lowest BCUT2D eigenvalue weighted by Gasteiger charge is -2.35. The zero-order valence-corrected chi connectivity index (χ0v) is 13.9. The summed E-state index contributed by atoms with van der Waals surface area (Å²) in [6.07, 6.45) is 5.21. The minimum atomic E-state index is -0.872. The van der Waals surface area contributed by atoms with E-state index in [1.54, 1.807) is 0 Å². The Morgan fingerprint density at radius 3 is 2.55 bits per heavy atom. The molecule has 1 unspecified atom stereocenters. The number of carbonyl (C=O) groups is 1. The SMILES string of the molecule is CC(C)N1CCC(c2nc(C(=O)O)c3n2C(C)CCC3)CC1. The van der Waals surface area contributed by atoms with Gasteiger partial charge in [0.2, 0.25) is 0 Å². The number of imidazole rings is 1. The van der Waals surface area contributed by atoms with Crippen LogP contribution in [-0.4, -0.2) is 44.7 Å². The highest BCUT2D eigenvalue weighted by atomic mass is 16.4. The van der Waals surface area contributed by atoms with Crippen molar-refractivity contribution < 1.29 is 9.90 Å². The van der Waals surface area contributed by atoms with Gasteiger partial charge in [0.1, 0.15) is 5.82 Å². The van der Waals surface area contributed by atoms with Crippen molar-refractivity contribution in [2.24, 2.45) is 0 Å². The Labute approximate surface area is 132 Å². The zero-order chi connectivity index (χ0) is 15.9. The van der Waals surface area contributed by atoms with Gasteiger partial charge in [-0.1, -0.05) is 0 Å². The van der Waals surface area contributed by atoms with E-state index in [0.29, 0.717) is 23.7 Å². The third kappa shape index (κ3) is 2.67. The minimum absolute atomic E-state index is 0.299. The largest absolute Gasteiger partial charge is 0.476 e. The van der Waals surface area contributed by atoms with Crippen LogP contribution in [0.3, 0.4) is 0 Å². The fourth-order valence-electron chi connectivity index (χ4n) is 4.04. The van der Waals surface area contributed by atoms with E-state index in [2.05, 4.69) is 35.2 Å². The van der Waals surface area contributed by atoms with Gasteiger partial charge in [0.15, 0.2) is 5.69 Å². The van der Waals surface area contributed by atoms with E-state index in [1.807, 2.05) is 0 Å². The lowest BCUT2D eigenvalue weighted by Crippen LogP contribution is -2.38. The number of likely N-dealkylation sites (tertiary alicyclic amines) is 1. The molecule has 3 rings (SSSR count). The molecule has 0 radical (unpaired) electrons. The molecule has 2 aliphatic heterocycles. The number of piperidine rings is 1. The quantitative estimate of drug-likeness (QED) is 0.932. The third-order valence-electron chi connectivity index (χ3n) is 5.34. The predicted molar refractivity (Wildman–Crippen MR) is 85.5 cm³/mol. The maximum atomic E-state index is 11.5. The van der Waals surface area contributed by atoms with Gasteiger partial charge >= 0.3 is 5.97 Å².